The van der Waals surface area contributed by atoms with Crippen LogP contribution in [0.1, 0.15) is 12.8 Å². The van der Waals surface area contributed by atoms with Gasteiger partial charge in [0, 0.05) is 24.5 Å². The van der Waals surface area contributed by atoms with Crippen LogP contribution in [0.3, 0.4) is 0 Å². The summed E-state index contributed by atoms with van der Waals surface area (Å²) in [7, 11) is 0. The quantitative estimate of drug-likeness (QED) is 0.813. The number of rotatable bonds is 6. The zero-order valence-corrected chi connectivity index (χ0v) is 13.4. The minimum absolute atomic E-state index is 0.0725. The minimum atomic E-state index is -0.219. The van der Waals surface area contributed by atoms with Crippen molar-refractivity contribution >= 4 is 28.3 Å². The summed E-state index contributed by atoms with van der Waals surface area (Å²) < 4.78 is 5.52. The standard InChI is InChI=1S/C16H17N3O3S/c20-14-7-4-9-18(14)12-19(16-17-8-10-23-16)15(21)11-22-13-5-2-1-3-6-13/h1-3,5-6,8,10H,4,7,9,11-12H2. The Labute approximate surface area is 138 Å². The molecule has 0 unspecified atom stereocenters. The highest BCUT2D eigenvalue weighted by atomic mass is 32.1. The molecule has 0 N–H and O–H groups in total. The van der Waals surface area contributed by atoms with Crippen molar-refractivity contribution in [3.8, 4) is 5.75 Å². The fourth-order valence-electron chi connectivity index (χ4n) is 2.36. The summed E-state index contributed by atoms with van der Waals surface area (Å²) in [5.41, 5.74) is 0. The number of thiazole rings is 1. The Hall–Kier alpha value is -2.41. The molecule has 0 saturated carbocycles. The van der Waals surface area contributed by atoms with E-state index in [4.69, 9.17) is 4.74 Å². The van der Waals surface area contributed by atoms with E-state index < -0.39 is 0 Å². The number of para-hydroxylation sites is 1. The van der Waals surface area contributed by atoms with Gasteiger partial charge in [-0.15, -0.1) is 11.3 Å². The van der Waals surface area contributed by atoms with Gasteiger partial charge < -0.3 is 9.64 Å². The Balaban J connectivity index is 1.67. The van der Waals surface area contributed by atoms with Crippen LogP contribution in [-0.2, 0) is 9.59 Å². The van der Waals surface area contributed by atoms with Gasteiger partial charge in [-0.1, -0.05) is 18.2 Å². The average molecular weight is 331 g/mol. The van der Waals surface area contributed by atoms with Crippen LogP contribution >= 0.6 is 11.3 Å². The van der Waals surface area contributed by atoms with Gasteiger partial charge in [-0.3, -0.25) is 14.5 Å². The van der Waals surface area contributed by atoms with Crippen molar-refractivity contribution in [2.75, 3.05) is 24.7 Å². The average Bonchev–Trinajstić information content (AvgIpc) is 3.23. The lowest BCUT2D eigenvalue weighted by Gasteiger charge is -2.25. The Morgan fingerprint density at radius 3 is 2.83 bits per heavy atom. The van der Waals surface area contributed by atoms with Crippen molar-refractivity contribution in [1.82, 2.24) is 9.88 Å². The molecule has 2 amide bonds. The van der Waals surface area contributed by atoms with Crippen molar-refractivity contribution in [1.29, 1.82) is 0 Å². The molecule has 2 heterocycles. The van der Waals surface area contributed by atoms with E-state index >= 15 is 0 Å². The van der Waals surface area contributed by atoms with E-state index in [-0.39, 0.29) is 25.1 Å². The van der Waals surface area contributed by atoms with Crippen LogP contribution in [0.4, 0.5) is 5.13 Å². The number of likely N-dealkylation sites (tertiary alicyclic amines) is 1. The third-order valence-corrected chi connectivity index (χ3v) is 4.33. The number of carbonyl (C=O) groups is 2. The lowest BCUT2D eigenvalue weighted by molar-refractivity contribution is -0.128. The summed E-state index contributed by atoms with van der Waals surface area (Å²) in [6.45, 7) is 0.808. The number of ether oxygens (including phenoxy) is 1. The van der Waals surface area contributed by atoms with Crippen LogP contribution in [0, 0.1) is 0 Å². The normalized spacial score (nSPS) is 14.1. The van der Waals surface area contributed by atoms with Crippen LogP contribution in [-0.4, -0.2) is 41.5 Å². The van der Waals surface area contributed by atoms with Gasteiger partial charge in [0.15, 0.2) is 11.7 Å². The van der Waals surface area contributed by atoms with E-state index in [1.54, 1.807) is 28.6 Å². The number of benzene rings is 1. The first-order valence-corrected chi connectivity index (χ1v) is 8.27. The molecule has 0 bridgehead atoms. The van der Waals surface area contributed by atoms with Crippen LogP contribution in [0.2, 0.25) is 0 Å². The summed E-state index contributed by atoms with van der Waals surface area (Å²) in [5.74, 6) is 0.490. The lowest BCUT2D eigenvalue weighted by atomic mass is 10.3. The second-order valence-corrected chi connectivity index (χ2v) is 6.01. The molecule has 6 nitrogen and oxygen atoms in total. The monoisotopic (exact) mass is 331 g/mol. The number of anilines is 1. The molecule has 1 aliphatic rings. The van der Waals surface area contributed by atoms with E-state index in [1.165, 1.54) is 16.2 Å². The Bertz CT molecular complexity index is 660. The van der Waals surface area contributed by atoms with Gasteiger partial charge in [0.2, 0.25) is 5.91 Å². The lowest BCUT2D eigenvalue weighted by Crippen LogP contribution is -2.44. The van der Waals surface area contributed by atoms with Crippen molar-refractivity contribution in [2.24, 2.45) is 0 Å². The highest BCUT2D eigenvalue weighted by molar-refractivity contribution is 7.13. The molecule has 0 aliphatic carbocycles. The highest BCUT2D eigenvalue weighted by Gasteiger charge is 2.27. The number of hydrogen-bond acceptors (Lipinski definition) is 5. The smallest absolute Gasteiger partial charge is 0.268 e. The Morgan fingerprint density at radius 1 is 1.35 bits per heavy atom. The zero-order valence-electron chi connectivity index (χ0n) is 12.6. The van der Waals surface area contributed by atoms with E-state index in [0.717, 1.165) is 6.42 Å². The predicted molar refractivity (Wildman–Crippen MR) is 87.4 cm³/mol. The molecule has 23 heavy (non-hydrogen) atoms. The van der Waals surface area contributed by atoms with Crippen LogP contribution in [0.15, 0.2) is 41.9 Å². The number of nitrogens with zero attached hydrogens (tertiary/aromatic N) is 3. The maximum atomic E-state index is 12.5. The Kier molecular flexibility index (Phi) is 4.87. The van der Waals surface area contributed by atoms with Gasteiger partial charge in [-0.05, 0) is 18.6 Å². The summed E-state index contributed by atoms with van der Waals surface area (Å²) in [6.07, 6.45) is 3.02. The van der Waals surface area contributed by atoms with Gasteiger partial charge in [0.25, 0.3) is 5.91 Å². The summed E-state index contributed by atoms with van der Waals surface area (Å²) in [5, 5.41) is 2.38. The predicted octanol–water partition coefficient (Wildman–Crippen LogP) is 2.13. The SMILES string of the molecule is O=C1CCCN1CN(C(=O)COc1ccccc1)c1nccs1. The van der Waals surface area contributed by atoms with Gasteiger partial charge in [-0.2, -0.15) is 0 Å². The van der Waals surface area contributed by atoms with Gasteiger partial charge in [0.1, 0.15) is 12.4 Å². The molecule has 120 valence electrons. The van der Waals surface area contributed by atoms with Gasteiger partial charge in [-0.25, -0.2) is 4.98 Å². The summed E-state index contributed by atoms with van der Waals surface area (Å²) in [4.78, 5) is 31.7. The van der Waals surface area contributed by atoms with Gasteiger partial charge >= 0.3 is 0 Å². The van der Waals surface area contributed by atoms with Crippen molar-refractivity contribution in [2.45, 2.75) is 12.8 Å². The second-order valence-electron chi connectivity index (χ2n) is 5.14. The maximum Gasteiger partial charge on any atom is 0.268 e. The van der Waals surface area contributed by atoms with Crippen LogP contribution in [0.25, 0.3) is 0 Å². The topological polar surface area (TPSA) is 62.7 Å². The first-order chi connectivity index (χ1) is 11.2. The summed E-state index contributed by atoms with van der Waals surface area (Å²) >= 11 is 1.37. The van der Waals surface area contributed by atoms with Crippen LogP contribution < -0.4 is 9.64 Å². The highest BCUT2D eigenvalue weighted by Crippen LogP contribution is 2.20. The number of aromatic nitrogens is 1. The molecule has 0 radical (unpaired) electrons. The van der Waals surface area contributed by atoms with Crippen molar-refractivity contribution < 1.29 is 14.3 Å². The second kappa shape index (κ2) is 7.23. The van der Waals surface area contributed by atoms with E-state index in [1.807, 2.05) is 18.2 Å². The number of hydrogen-bond donors (Lipinski definition) is 0. The van der Waals surface area contributed by atoms with Gasteiger partial charge in [0.05, 0.1) is 0 Å². The van der Waals surface area contributed by atoms with Crippen molar-refractivity contribution in [3.63, 3.8) is 0 Å². The largest absolute Gasteiger partial charge is 0.484 e. The molecule has 3 rings (SSSR count). The molecule has 1 saturated heterocycles. The molecular weight excluding hydrogens is 314 g/mol. The molecule has 1 aromatic carbocycles. The maximum absolute atomic E-state index is 12.5. The number of amides is 2. The van der Waals surface area contributed by atoms with Crippen LogP contribution in [0.5, 0.6) is 5.75 Å². The third kappa shape index (κ3) is 3.87. The molecular formula is C16H17N3O3S. The molecule has 1 aromatic heterocycles. The molecule has 0 atom stereocenters. The fraction of sp³-hybridized carbons (Fsp3) is 0.312. The fourth-order valence-corrected chi connectivity index (χ4v) is 3.01. The van der Waals surface area contributed by atoms with E-state index in [2.05, 4.69) is 4.98 Å². The number of carbonyl (C=O) groups excluding carboxylic acids is 2. The van der Waals surface area contributed by atoms with Crippen molar-refractivity contribution in [3.05, 3.63) is 41.9 Å². The van der Waals surface area contributed by atoms with E-state index in [9.17, 15) is 9.59 Å². The third-order valence-electron chi connectivity index (χ3n) is 3.54. The van der Waals surface area contributed by atoms with E-state index in [0.29, 0.717) is 23.8 Å². The molecule has 0 spiro atoms. The minimum Gasteiger partial charge on any atom is -0.484 e. The zero-order chi connectivity index (χ0) is 16.1. The summed E-state index contributed by atoms with van der Waals surface area (Å²) in [6, 6.07) is 9.17. The Morgan fingerprint density at radius 2 is 2.17 bits per heavy atom. The molecule has 7 heteroatoms. The molecule has 1 fully saturated rings. The molecule has 2 aromatic rings. The molecule has 1 aliphatic heterocycles. The first-order valence-electron chi connectivity index (χ1n) is 7.39. The first kappa shape index (κ1) is 15.5.